The van der Waals surface area contributed by atoms with Crippen LogP contribution in [0.4, 0.5) is 5.13 Å². The van der Waals surface area contributed by atoms with Crippen molar-refractivity contribution in [3.05, 3.63) is 5.01 Å². The molecule has 0 saturated heterocycles. The van der Waals surface area contributed by atoms with E-state index < -0.39 is 17.8 Å². The van der Waals surface area contributed by atoms with Crippen molar-refractivity contribution in [3.8, 4) is 0 Å². The highest BCUT2D eigenvalue weighted by Crippen LogP contribution is 2.42. The molecule has 2 aliphatic carbocycles. The van der Waals surface area contributed by atoms with Gasteiger partial charge in [-0.2, -0.15) is 0 Å². The number of amides is 1. The molecule has 2 N–H and O–H groups in total. The summed E-state index contributed by atoms with van der Waals surface area (Å²) in [5.41, 5.74) is 0. The Morgan fingerprint density at radius 1 is 1.10 bits per heavy atom. The summed E-state index contributed by atoms with van der Waals surface area (Å²) >= 11 is 1.40. The predicted molar refractivity (Wildman–Crippen MR) is 73.6 cm³/mol. The van der Waals surface area contributed by atoms with E-state index in [4.69, 9.17) is 0 Å². The highest BCUT2D eigenvalue weighted by Gasteiger charge is 2.36. The monoisotopic (exact) mass is 295 g/mol. The molecule has 6 nitrogen and oxygen atoms in total. The van der Waals surface area contributed by atoms with E-state index in [-0.39, 0.29) is 5.91 Å². The number of carbonyl (C=O) groups is 2. The van der Waals surface area contributed by atoms with Gasteiger partial charge in [-0.25, -0.2) is 0 Å². The summed E-state index contributed by atoms with van der Waals surface area (Å²) in [6, 6.07) is 0. The summed E-state index contributed by atoms with van der Waals surface area (Å²) in [6.45, 7) is 0. The Hall–Kier alpha value is -1.50. The van der Waals surface area contributed by atoms with E-state index in [0.29, 0.717) is 23.9 Å². The average Bonchev–Trinajstić information content (AvgIpc) is 3.19. The zero-order valence-electron chi connectivity index (χ0n) is 11.0. The minimum Gasteiger partial charge on any atom is -0.481 e. The molecule has 2 fully saturated rings. The number of anilines is 1. The fourth-order valence-corrected chi connectivity index (χ4v) is 3.63. The van der Waals surface area contributed by atoms with Crippen molar-refractivity contribution in [2.45, 2.75) is 44.4 Å². The van der Waals surface area contributed by atoms with E-state index in [2.05, 4.69) is 15.5 Å². The number of nitrogens with one attached hydrogen (secondary N) is 1. The van der Waals surface area contributed by atoms with Crippen LogP contribution in [0, 0.1) is 11.8 Å². The summed E-state index contributed by atoms with van der Waals surface area (Å²) in [6.07, 6.45) is 5.29. The molecule has 0 aromatic carbocycles. The van der Waals surface area contributed by atoms with Gasteiger partial charge in [0.25, 0.3) is 0 Å². The smallest absolute Gasteiger partial charge is 0.307 e. The number of hydrogen-bond donors (Lipinski definition) is 2. The van der Waals surface area contributed by atoms with Gasteiger partial charge in [0.15, 0.2) is 0 Å². The Bertz CT molecular complexity index is 527. The molecule has 2 saturated carbocycles. The van der Waals surface area contributed by atoms with Crippen molar-refractivity contribution in [1.82, 2.24) is 10.2 Å². The van der Waals surface area contributed by atoms with E-state index >= 15 is 0 Å². The van der Waals surface area contributed by atoms with Gasteiger partial charge < -0.3 is 10.4 Å². The second-order valence-electron chi connectivity index (χ2n) is 5.54. The van der Waals surface area contributed by atoms with Gasteiger partial charge >= 0.3 is 5.97 Å². The predicted octanol–water partition coefficient (Wildman–Crippen LogP) is 2.25. The first-order valence-corrected chi connectivity index (χ1v) is 7.84. The van der Waals surface area contributed by atoms with Crippen LogP contribution in [0.15, 0.2) is 0 Å². The normalized spacial score (nSPS) is 26.2. The van der Waals surface area contributed by atoms with Crippen LogP contribution >= 0.6 is 11.3 Å². The fraction of sp³-hybridized carbons (Fsp3) is 0.692. The van der Waals surface area contributed by atoms with Crippen LogP contribution in [-0.4, -0.2) is 27.2 Å². The number of nitrogens with zero attached hydrogens (tertiary/aromatic N) is 2. The van der Waals surface area contributed by atoms with Gasteiger partial charge in [-0.1, -0.05) is 24.2 Å². The van der Waals surface area contributed by atoms with E-state index in [1.807, 2.05) is 0 Å². The van der Waals surface area contributed by atoms with E-state index in [0.717, 1.165) is 30.7 Å². The summed E-state index contributed by atoms with van der Waals surface area (Å²) in [5, 5.41) is 21.4. The Morgan fingerprint density at radius 2 is 1.80 bits per heavy atom. The molecule has 7 heteroatoms. The number of carbonyl (C=O) groups excluding carboxylic acids is 1. The first-order chi connectivity index (χ1) is 9.65. The molecule has 3 rings (SSSR count). The fourth-order valence-electron chi connectivity index (χ4n) is 2.72. The van der Waals surface area contributed by atoms with Crippen LogP contribution in [-0.2, 0) is 9.59 Å². The van der Waals surface area contributed by atoms with Gasteiger partial charge in [0.05, 0.1) is 11.8 Å². The molecule has 0 radical (unpaired) electrons. The van der Waals surface area contributed by atoms with Crippen molar-refractivity contribution >= 4 is 28.3 Å². The SMILES string of the molecule is O=C(O)[C@@H]1CCCC[C@H]1C(=O)Nc1nnc(C2CC2)s1. The minimum absolute atomic E-state index is 0.226. The largest absolute Gasteiger partial charge is 0.481 e. The summed E-state index contributed by atoms with van der Waals surface area (Å²) < 4.78 is 0. The third kappa shape index (κ3) is 2.82. The van der Waals surface area contributed by atoms with Gasteiger partial charge in [-0.05, 0) is 25.7 Å². The molecule has 1 aromatic heterocycles. The number of rotatable bonds is 4. The Morgan fingerprint density at radius 3 is 2.45 bits per heavy atom. The van der Waals surface area contributed by atoms with Crippen molar-refractivity contribution in [2.24, 2.45) is 11.8 Å². The van der Waals surface area contributed by atoms with E-state index in [1.165, 1.54) is 11.3 Å². The second kappa shape index (κ2) is 5.47. The number of hydrogen-bond acceptors (Lipinski definition) is 5. The maximum absolute atomic E-state index is 12.2. The molecule has 20 heavy (non-hydrogen) atoms. The standard InChI is InChI=1S/C13H17N3O3S/c17-10(8-3-1-2-4-9(8)12(18)19)14-13-16-15-11(20-13)7-5-6-7/h7-9H,1-6H2,(H,18,19)(H,14,16,17)/t8-,9-/m1/s1. The second-order valence-corrected chi connectivity index (χ2v) is 6.55. The molecule has 1 heterocycles. The van der Waals surface area contributed by atoms with Crippen molar-refractivity contribution in [1.29, 1.82) is 0 Å². The van der Waals surface area contributed by atoms with Gasteiger partial charge in [0, 0.05) is 5.92 Å². The highest BCUT2D eigenvalue weighted by atomic mass is 32.1. The lowest BCUT2D eigenvalue weighted by Gasteiger charge is -2.26. The van der Waals surface area contributed by atoms with Gasteiger partial charge in [0.2, 0.25) is 11.0 Å². The quantitative estimate of drug-likeness (QED) is 0.888. The molecule has 2 atom stereocenters. The molecule has 0 unspecified atom stereocenters. The number of carboxylic acid groups (broad SMARTS) is 1. The Labute approximate surface area is 120 Å². The van der Waals surface area contributed by atoms with Crippen LogP contribution < -0.4 is 5.32 Å². The van der Waals surface area contributed by atoms with Gasteiger partial charge in [0.1, 0.15) is 5.01 Å². The third-order valence-electron chi connectivity index (χ3n) is 4.02. The van der Waals surface area contributed by atoms with Crippen LogP contribution in [0.1, 0.15) is 49.5 Å². The summed E-state index contributed by atoms with van der Waals surface area (Å²) in [4.78, 5) is 23.5. The Kier molecular flexibility index (Phi) is 3.69. The van der Waals surface area contributed by atoms with Crippen molar-refractivity contribution < 1.29 is 14.7 Å². The number of carboxylic acids is 1. The molecule has 0 spiro atoms. The van der Waals surface area contributed by atoms with Gasteiger partial charge in [-0.3, -0.25) is 9.59 Å². The lowest BCUT2D eigenvalue weighted by Crippen LogP contribution is -2.36. The average molecular weight is 295 g/mol. The van der Waals surface area contributed by atoms with E-state index in [9.17, 15) is 14.7 Å². The molecule has 0 bridgehead atoms. The maximum Gasteiger partial charge on any atom is 0.307 e. The summed E-state index contributed by atoms with van der Waals surface area (Å²) in [7, 11) is 0. The zero-order chi connectivity index (χ0) is 14.1. The van der Waals surface area contributed by atoms with Gasteiger partial charge in [-0.15, -0.1) is 10.2 Å². The molecule has 2 aliphatic rings. The maximum atomic E-state index is 12.2. The molecule has 108 valence electrons. The third-order valence-corrected chi connectivity index (χ3v) is 5.02. The first-order valence-electron chi connectivity index (χ1n) is 7.02. The topological polar surface area (TPSA) is 92.2 Å². The van der Waals surface area contributed by atoms with Crippen molar-refractivity contribution in [3.63, 3.8) is 0 Å². The first kappa shape index (κ1) is 13.5. The van der Waals surface area contributed by atoms with E-state index in [1.54, 1.807) is 0 Å². The molecule has 1 aromatic rings. The molecule has 1 amide bonds. The lowest BCUT2D eigenvalue weighted by molar-refractivity contribution is -0.147. The highest BCUT2D eigenvalue weighted by molar-refractivity contribution is 7.15. The minimum atomic E-state index is -0.874. The van der Waals surface area contributed by atoms with Crippen LogP contribution in [0.2, 0.25) is 0 Å². The zero-order valence-corrected chi connectivity index (χ0v) is 11.9. The number of aromatic nitrogens is 2. The summed E-state index contributed by atoms with van der Waals surface area (Å²) in [5.74, 6) is -1.61. The lowest BCUT2D eigenvalue weighted by atomic mass is 9.79. The van der Waals surface area contributed by atoms with Crippen LogP contribution in [0.25, 0.3) is 0 Å². The molecular weight excluding hydrogens is 278 g/mol. The van der Waals surface area contributed by atoms with Crippen LogP contribution in [0.3, 0.4) is 0 Å². The molecular formula is C13H17N3O3S. The molecule has 0 aliphatic heterocycles. The van der Waals surface area contributed by atoms with Crippen LogP contribution in [0.5, 0.6) is 0 Å². The Balaban J connectivity index is 1.65. The van der Waals surface area contributed by atoms with Crippen molar-refractivity contribution in [2.75, 3.05) is 5.32 Å². The number of aliphatic carboxylic acids is 1.